The monoisotopic (exact) mass is 354 g/mol. The van der Waals surface area contributed by atoms with Crippen molar-refractivity contribution in [2.45, 2.75) is 13.8 Å². The Balaban J connectivity index is 1.52. The van der Waals surface area contributed by atoms with Crippen molar-refractivity contribution in [3.8, 4) is 11.5 Å². The largest absolute Gasteiger partial charge is 0.493 e. The summed E-state index contributed by atoms with van der Waals surface area (Å²) in [6, 6.07) is 13.9. The molecule has 0 spiro atoms. The number of benzene rings is 2. The fourth-order valence-electron chi connectivity index (χ4n) is 3.11. The smallest absolute Gasteiger partial charge is 0.260 e. The third-order valence-corrected chi connectivity index (χ3v) is 4.91. The van der Waals surface area contributed by atoms with Gasteiger partial charge in [-0.1, -0.05) is 18.2 Å². The zero-order chi connectivity index (χ0) is 18.5. The average molecular weight is 354 g/mol. The minimum Gasteiger partial charge on any atom is -0.493 e. The molecule has 0 atom stereocenters. The molecule has 1 aliphatic heterocycles. The highest BCUT2D eigenvalue weighted by Gasteiger charge is 2.22. The number of aryl methyl sites for hydroxylation is 2. The van der Waals surface area contributed by atoms with Crippen LogP contribution in [0.25, 0.3) is 0 Å². The molecule has 1 saturated heterocycles. The van der Waals surface area contributed by atoms with Crippen molar-refractivity contribution in [2.75, 3.05) is 44.8 Å². The van der Waals surface area contributed by atoms with Crippen LogP contribution in [0, 0.1) is 13.8 Å². The average Bonchev–Trinajstić information content (AvgIpc) is 2.68. The van der Waals surface area contributed by atoms with E-state index in [1.165, 1.54) is 16.8 Å². The molecule has 2 aromatic carbocycles. The maximum absolute atomic E-state index is 12.5. The first-order valence-electron chi connectivity index (χ1n) is 8.94. The van der Waals surface area contributed by atoms with Crippen molar-refractivity contribution < 1.29 is 14.3 Å². The molecule has 0 aliphatic carbocycles. The maximum Gasteiger partial charge on any atom is 0.260 e. The van der Waals surface area contributed by atoms with Crippen molar-refractivity contribution in [3.63, 3.8) is 0 Å². The summed E-state index contributed by atoms with van der Waals surface area (Å²) < 4.78 is 10.9. The van der Waals surface area contributed by atoms with Gasteiger partial charge in [-0.3, -0.25) is 4.79 Å². The van der Waals surface area contributed by atoms with Gasteiger partial charge in [0.05, 0.1) is 7.11 Å². The van der Waals surface area contributed by atoms with Crippen LogP contribution in [0.2, 0.25) is 0 Å². The first kappa shape index (κ1) is 18.1. The minimum atomic E-state index is 0.00985. The second kappa shape index (κ2) is 8.13. The molecule has 1 aliphatic rings. The first-order valence-corrected chi connectivity index (χ1v) is 8.94. The van der Waals surface area contributed by atoms with E-state index in [9.17, 15) is 4.79 Å². The molecule has 138 valence electrons. The Morgan fingerprint density at radius 3 is 2.31 bits per heavy atom. The van der Waals surface area contributed by atoms with E-state index in [0.29, 0.717) is 24.6 Å². The summed E-state index contributed by atoms with van der Waals surface area (Å²) >= 11 is 0. The summed E-state index contributed by atoms with van der Waals surface area (Å²) in [5, 5.41) is 0. The van der Waals surface area contributed by atoms with E-state index in [4.69, 9.17) is 9.47 Å². The molecular weight excluding hydrogens is 328 g/mol. The molecule has 5 heteroatoms. The van der Waals surface area contributed by atoms with E-state index in [-0.39, 0.29) is 12.5 Å². The van der Waals surface area contributed by atoms with Gasteiger partial charge in [0, 0.05) is 31.9 Å². The number of para-hydroxylation sites is 2. The normalized spacial score (nSPS) is 14.3. The number of hydrogen-bond acceptors (Lipinski definition) is 4. The fraction of sp³-hybridized carbons (Fsp3) is 0.381. The van der Waals surface area contributed by atoms with Crippen molar-refractivity contribution in [1.29, 1.82) is 0 Å². The number of amides is 1. The predicted octanol–water partition coefficient (Wildman–Crippen LogP) is 3.04. The molecule has 0 radical (unpaired) electrons. The Morgan fingerprint density at radius 2 is 1.65 bits per heavy atom. The number of piperazine rings is 1. The lowest BCUT2D eigenvalue weighted by Gasteiger charge is -2.36. The second-order valence-corrected chi connectivity index (χ2v) is 6.58. The Kier molecular flexibility index (Phi) is 5.66. The number of carbonyl (C=O) groups excluding carboxylic acids is 1. The molecule has 0 saturated carbocycles. The SMILES string of the molecule is COc1ccccc1OCC(=O)N1CCN(c2ccc(C)c(C)c2)CC1. The van der Waals surface area contributed by atoms with Crippen LogP contribution >= 0.6 is 0 Å². The number of anilines is 1. The van der Waals surface area contributed by atoms with Gasteiger partial charge in [0.25, 0.3) is 5.91 Å². The van der Waals surface area contributed by atoms with Gasteiger partial charge in [-0.05, 0) is 49.2 Å². The van der Waals surface area contributed by atoms with Gasteiger partial charge in [-0.2, -0.15) is 0 Å². The summed E-state index contributed by atoms with van der Waals surface area (Å²) in [6.45, 7) is 7.38. The molecule has 1 fully saturated rings. The number of rotatable bonds is 5. The van der Waals surface area contributed by atoms with Gasteiger partial charge in [0.2, 0.25) is 0 Å². The van der Waals surface area contributed by atoms with E-state index in [1.807, 2.05) is 29.2 Å². The molecule has 0 bridgehead atoms. The van der Waals surface area contributed by atoms with Crippen molar-refractivity contribution >= 4 is 11.6 Å². The first-order chi connectivity index (χ1) is 12.6. The van der Waals surface area contributed by atoms with Crippen LogP contribution in [0.4, 0.5) is 5.69 Å². The highest BCUT2D eigenvalue weighted by atomic mass is 16.5. The number of methoxy groups -OCH3 is 1. The molecule has 1 heterocycles. The third kappa shape index (κ3) is 4.10. The summed E-state index contributed by atoms with van der Waals surface area (Å²) in [4.78, 5) is 16.7. The minimum absolute atomic E-state index is 0.00985. The van der Waals surface area contributed by atoms with Crippen LogP contribution in [0.3, 0.4) is 0 Å². The van der Waals surface area contributed by atoms with Gasteiger partial charge < -0.3 is 19.3 Å². The van der Waals surface area contributed by atoms with Gasteiger partial charge in [0.15, 0.2) is 18.1 Å². The van der Waals surface area contributed by atoms with Crippen molar-refractivity contribution in [3.05, 3.63) is 53.6 Å². The number of nitrogens with zero attached hydrogens (tertiary/aromatic N) is 2. The van der Waals surface area contributed by atoms with Crippen LogP contribution in [-0.2, 0) is 4.79 Å². The van der Waals surface area contributed by atoms with Gasteiger partial charge >= 0.3 is 0 Å². The van der Waals surface area contributed by atoms with Gasteiger partial charge in [0.1, 0.15) is 0 Å². The summed E-state index contributed by atoms with van der Waals surface area (Å²) in [5.74, 6) is 1.24. The Labute approximate surface area is 155 Å². The van der Waals surface area contributed by atoms with E-state index in [0.717, 1.165) is 13.1 Å². The molecule has 1 amide bonds. The van der Waals surface area contributed by atoms with Crippen LogP contribution in [-0.4, -0.2) is 50.7 Å². The molecule has 3 rings (SSSR count). The zero-order valence-corrected chi connectivity index (χ0v) is 15.7. The quantitative estimate of drug-likeness (QED) is 0.828. The van der Waals surface area contributed by atoms with Crippen molar-refractivity contribution in [1.82, 2.24) is 4.90 Å². The van der Waals surface area contributed by atoms with Gasteiger partial charge in [-0.15, -0.1) is 0 Å². The molecular formula is C21H26N2O3. The molecule has 0 aromatic heterocycles. The van der Waals surface area contributed by atoms with Crippen molar-refractivity contribution in [2.24, 2.45) is 0 Å². The molecule has 0 N–H and O–H groups in total. The fourth-order valence-corrected chi connectivity index (χ4v) is 3.11. The Bertz CT molecular complexity index is 768. The van der Waals surface area contributed by atoms with Crippen LogP contribution in [0.15, 0.2) is 42.5 Å². The third-order valence-electron chi connectivity index (χ3n) is 4.91. The van der Waals surface area contributed by atoms with Gasteiger partial charge in [-0.25, -0.2) is 0 Å². The summed E-state index contributed by atoms with van der Waals surface area (Å²) in [7, 11) is 1.59. The predicted molar refractivity (Wildman–Crippen MR) is 103 cm³/mol. The Hall–Kier alpha value is -2.69. The standard InChI is InChI=1S/C21H26N2O3/c1-16-8-9-18(14-17(16)2)22-10-12-23(13-11-22)21(24)15-26-20-7-5-4-6-19(20)25-3/h4-9,14H,10-13,15H2,1-3H3. The van der Waals surface area contributed by atoms with Crippen LogP contribution in [0.1, 0.15) is 11.1 Å². The van der Waals surface area contributed by atoms with E-state index < -0.39 is 0 Å². The topological polar surface area (TPSA) is 42.0 Å². The molecule has 0 unspecified atom stereocenters. The summed E-state index contributed by atoms with van der Waals surface area (Å²) in [6.07, 6.45) is 0. The lowest BCUT2D eigenvalue weighted by Crippen LogP contribution is -2.50. The van der Waals surface area contributed by atoms with Crippen LogP contribution < -0.4 is 14.4 Å². The number of hydrogen-bond donors (Lipinski definition) is 0. The van der Waals surface area contributed by atoms with Crippen LogP contribution in [0.5, 0.6) is 11.5 Å². The lowest BCUT2D eigenvalue weighted by atomic mass is 10.1. The highest BCUT2D eigenvalue weighted by Crippen LogP contribution is 2.26. The Morgan fingerprint density at radius 1 is 0.962 bits per heavy atom. The zero-order valence-electron chi connectivity index (χ0n) is 15.7. The number of carbonyl (C=O) groups is 1. The molecule has 26 heavy (non-hydrogen) atoms. The van der Waals surface area contributed by atoms with E-state index in [1.54, 1.807) is 7.11 Å². The van der Waals surface area contributed by atoms with E-state index in [2.05, 4.69) is 36.9 Å². The van der Waals surface area contributed by atoms with E-state index >= 15 is 0 Å². The maximum atomic E-state index is 12.5. The number of ether oxygens (including phenoxy) is 2. The second-order valence-electron chi connectivity index (χ2n) is 6.58. The molecule has 5 nitrogen and oxygen atoms in total. The summed E-state index contributed by atoms with van der Waals surface area (Å²) in [5.41, 5.74) is 3.83. The molecule has 2 aromatic rings. The highest BCUT2D eigenvalue weighted by molar-refractivity contribution is 5.78. The lowest BCUT2D eigenvalue weighted by molar-refractivity contribution is -0.133.